The number of hydrogen-bond acceptors (Lipinski definition) is 5. The second-order valence-electron chi connectivity index (χ2n) is 5.30. The van der Waals surface area contributed by atoms with Gasteiger partial charge in [-0.15, -0.1) is 5.11 Å². The van der Waals surface area contributed by atoms with Gasteiger partial charge in [-0.2, -0.15) is 5.11 Å². The van der Waals surface area contributed by atoms with Gasteiger partial charge in [0.25, 0.3) is 11.9 Å². The zero-order chi connectivity index (χ0) is 15.8. The van der Waals surface area contributed by atoms with Crippen LogP contribution in [0.15, 0.2) is 64.8 Å². The van der Waals surface area contributed by atoms with Crippen LogP contribution in [0.1, 0.15) is 21.6 Å². The molecule has 0 aliphatic carbocycles. The minimum Gasteiger partial charge on any atom is -0.294 e. The van der Waals surface area contributed by atoms with Gasteiger partial charge in [0.2, 0.25) is 0 Å². The number of fused-ring (bicyclic) bond motifs is 3. The number of carbonyl (C=O) groups excluding carboxylic acids is 2. The number of para-hydroxylation sites is 2. The third kappa shape index (κ3) is 2.24. The predicted molar refractivity (Wildman–Crippen MR) is 84.1 cm³/mol. The summed E-state index contributed by atoms with van der Waals surface area (Å²) in [5.74, 6) is -0.136. The zero-order valence-electron chi connectivity index (χ0n) is 12.1. The summed E-state index contributed by atoms with van der Waals surface area (Å²) < 4.78 is 1.44. The van der Waals surface area contributed by atoms with Gasteiger partial charge in [0.1, 0.15) is 0 Å². The van der Waals surface area contributed by atoms with Crippen LogP contribution in [0, 0.1) is 0 Å². The first-order chi connectivity index (χ1) is 11.2. The topological polar surface area (TPSA) is 76.7 Å². The van der Waals surface area contributed by atoms with Gasteiger partial charge in [0.15, 0.2) is 11.8 Å². The van der Waals surface area contributed by atoms with Gasteiger partial charge in [0.05, 0.1) is 11.0 Å². The molecule has 2 heterocycles. The normalized spacial score (nSPS) is 16.5. The predicted octanol–water partition coefficient (Wildman–Crippen LogP) is 3.42. The molecule has 0 fully saturated rings. The van der Waals surface area contributed by atoms with E-state index in [4.69, 9.17) is 0 Å². The van der Waals surface area contributed by atoms with E-state index >= 15 is 0 Å². The molecule has 3 aromatic rings. The Morgan fingerprint density at radius 3 is 2.61 bits per heavy atom. The third-order valence-corrected chi connectivity index (χ3v) is 3.81. The molecular formula is C17H12N4O2. The van der Waals surface area contributed by atoms with Crippen molar-refractivity contribution in [1.29, 1.82) is 0 Å². The maximum atomic E-state index is 12.7. The van der Waals surface area contributed by atoms with Gasteiger partial charge >= 0.3 is 0 Å². The van der Waals surface area contributed by atoms with Crippen LogP contribution in [-0.2, 0) is 0 Å². The maximum absolute atomic E-state index is 12.7. The van der Waals surface area contributed by atoms with Crippen LogP contribution < -0.4 is 0 Å². The first-order valence-electron chi connectivity index (χ1n) is 7.25. The van der Waals surface area contributed by atoms with Crippen molar-refractivity contribution in [3.8, 4) is 0 Å². The van der Waals surface area contributed by atoms with E-state index in [2.05, 4.69) is 15.2 Å². The Bertz CT molecular complexity index is 944. The van der Waals surface area contributed by atoms with E-state index in [1.807, 2.05) is 24.3 Å². The van der Waals surface area contributed by atoms with Crippen molar-refractivity contribution >= 4 is 28.7 Å². The molecule has 1 aromatic heterocycles. The van der Waals surface area contributed by atoms with Crippen molar-refractivity contribution in [2.75, 3.05) is 0 Å². The van der Waals surface area contributed by atoms with Gasteiger partial charge in [-0.25, -0.2) is 9.55 Å². The minimum atomic E-state index is -0.812. The Hall–Kier alpha value is -3.15. The maximum Gasteiger partial charge on any atom is 0.261 e. The Kier molecular flexibility index (Phi) is 3.08. The minimum absolute atomic E-state index is 0.00169. The van der Waals surface area contributed by atoms with Crippen LogP contribution in [-0.4, -0.2) is 27.3 Å². The molecule has 1 aliphatic rings. The fourth-order valence-electron chi connectivity index (χ4n) is 2.66. The number of azo groups is 1. The summed E-state index contributed by atoms with van der Waals surface area (Å²) in [4.78, 5) is 29.2. The summed E-state index contributed by atoms with van der Waals surface area (Å²) in [6.07, 6.45) is -0.00169. The highest BCUT2D eigenvalue weighted by molar-refractivity contribution is 6.02. The summed E-state index contributed by atoms with van der Waals surface area (Å²) >= 11 is 0. The molecule has 0 bridgehead atoms. The van der Waals surface area contributed by atoms with Gasteiger partial charge in [-0.1, -0.05) is 42.5 Å². The fourth-order valence-corrected chi connectivity index (χ4v) is 2.66. The van der Waals surface area contributed by atoms with Crippen molar-refractivity contribution in [2.24, 2.45) is 10.2 Å². The number of carbonyl (C=O) groups is 2. The average molecular weight is 304 g/mol. The van der Waals surface area contributed by atoms with Gasteiger partial charge in [0, 0.05) is 12.0 Å². The first kappa shape index (κ1) is 13.5. The number of aromatic nitrogens is 2. The highest BCUT2D eigenvalue weighted by Crippen LogP contribution is 2.27. The van der Waals surface area contributed by atoms with E-state index in [0.29, 0.717) is 16.6 Å². The zero-order valence-corrected chi connectivity index (χ0v) is 12.1. The molecule has 112 valence electrons. The number of benzene rings is 2. The lowest BCUT2D eigenvalue weighted by molar-refractivity contribution is 0.0833. The van der Waals surface area contributed by atoms with Gasteiger partial charge < -0.3 is 0 Å². The monoisotopic (exact) mass is 304 g/mol. The Labute approximate surface area is 131 Å². The van der Waals surface area contributed by atoms with Crippen LogP contribution in [0.5, 0.6) is 0 Å². The highest BCUT2D eigenvalue weighted by atomic mass is 16.2. The van der Waals surface area contributed by atoms with E-state index in [0.717, 1.165) is 0 Å². The van der Waals surface area contributed by atoms with Crippen LogP contribution in [0.25, 0.3) is 11.0 Å². The lowest BCUT2D eigenvalue weighted by Crippen LogP contribution is -2.29. The lowest BCUT2D eigenvalue weighted by Gasteiger charge is -2.15. The molecule has 1 atom stereocenters. The Morgan fingerprint density at radius 2 is 1.78 bits per heavy atom. The molecule has 0 saturated heterocycles. The molecule has 23 heavy (non-hydrogen) atoms. The number of ketones is 1. The average Bonchev–Trinajstić information content (AvgIpc) is 2.97. The molecule has 6 nitrogen and oxygen atoms in total. The molecule has 1 unspecified atom stereocenters. The largest absolute Gasteiger partial charge is 0.294 e. The fraction of sp³-hybridized carbons (Fsp3) is 0.118. The van der Waals surface area contributed by atoms with Gasteiger partial charge in [-0.05, 0) is 12.1 Å². The SMILES string of the molecule is O=C(CC1N=Nc2nc3ccccc3n2C1=O)c1ccccc1. The summed E-state index contributed by atoms with van der Waals surface area (Å²) in [7, 11) is 0. The number of Topliss-reactive ketones (excluding diaryl/α,β-unsaturated/α-hetero) is 1. The van der Waals surface area contributed by atoms with Crippen molar-refractivity contribution in [3.63, 3.8) is 0 Å². The molecule has 2 aromatic carbocycles. The number of rotatable bonds is 3. The molecule has 4 rings (SSSR count). The number of nitrogens with zero attached hydrogens (tertiary/aromatic N) is 4. The molecule has 0 radical (unpaired) electrons. The van der Waals surface area contributed by atoms with Crippen LogP contribution in [0.2, 0.25) is 0 Å². The Balaban J connectivity index is 1.66. The molecule has 0 N–H and O–H groups in total. The Morgan fingerprint density at radius 1 is 1.04 bits per heavy atom. The first-order valence-corrected chi connectivity index (χ1v) is 7.25. The van der Waals surface area contributed by atoms with E-state index in [-0.39, 0.29) is 24.1 Å². The molecule has 0 spiro atoms. The molecule has 0 saturated carbocycles. The summed E-state index contributed by atoms with van der Waals surface area (Å²) in [5.41, 5.74) is 1.94. The second kappa shape index (κ2) is 5.24. The summed E-state index contributed by atoms with van der Waals surface area (Å²) in [6.45, 7) is 0. The van der Waals surface area contributed by atoms with E-state index in [1.165, 1.54) is 4.57 Å². The van der Waals surface area contributed by atoms with Crippen LogP contribution in [0.4, 0.5) is 5.95 Å². The lowest BCUT2D eigenvalue weighted by atomic mass is 10.0. The quantitative estimate of drug-likeness (QED) is 0.696. The van der Waals surface area contributed by atoms with Crippen molar-refractivity contribution < 1.29 is 9.59 Å². The molecular weight excluding hydrogens is 292 g/mol. The summed E-state index contributed by atoms with van der Waals surface area (Å²) in [6, 6.07) is 15.4. The van der Waals surface area contributed by atoms with E-state index < -0.39 is 6.04 Å². The highest BCUT2D eigenvalue weighted by Gasteiger charge is 2.30. The van der Waals surface area contributed by atoms with Crippen molar-refractivity contribution in [1.82, 2.24) is 9.55 Å². The molecule has 6 heteroatoms. The van der Waals surface area contributed by atoms with Crippen LogP contribution >= 0.6 is 0 Å². The van der Waals surface area contributed by atoms with E-state index in [9.17, 15) is 9.59 Å². The van der Waals surface area contributed by atoms with Crippen molar-refractivity contribution in [2.45, 2.75) is 12.5 Å². The van der Waals surface area contributed by atoms with E-state index in [1.54, 1.807) is 30.3 Å². The molecule has 0 amide bonds. The standard InChI is InChI=1S/C17H12N4O2/c22-15(11-6-2-1-3-7-11)10-13-16(23)21-14-9-5-4-8-12(14)18-17(21)20-19-13/h1-9,13H,10H2. The number of imidazole rings is 1. The smallest absolute Gasteiger partial charge is 0.261 e. The number of hydrogen-bond donors (Lipinski definition) is 0. The second-order valence-corrected chi connectivity index (χ2v) is 5.30. The van der Waals surface area contributed by atoms with Gasteiger partial charge in [-0.3, -0.25) is 9.59 Å². The molecule has 1 aliphatic heterocycles. The van der Waals surface area contributed by atoms with Crippen molar-refractivity contribution in [3.05, 3.63) is 60.2 Å². The summed E-state index contributed by atoms with van der Waals surface area (Å²) in [5, 5.41) is 8.00. The third-order valence-electron chi connectivity index (χ3n) is 3.81. The van der Waals surface area contributed by atoms with Crippen LogP contribution in [0.3, 0.4) is 0 Å².